The van der Waals surface area contributed by atoms with Crippen molar-refractivity contribution in [1.29, 1.82) is 0 Å². The van der Waals surface area contributed by atoms with E-state index in [9.17, 15) is 9.59 Å². The van der Waals surface area contributed by atoms with Gasteiger partial charge < -0.3 is 14.6 Å². The van der Waals surface area contributed by atoms with Crippen molar-refractivity contribution in [3.63, 3.8) is 0 Å². The Labute approximate surface area is 87.2 Å². The molecule has 0 unspecified atom stereocenters. The number of aromatic nitrogens is 2. The molecule has 0 spiro atoms. The van der Waals surface area contributed by atoms with Gasteiger partial charge in [0, 0.05) is 25.4 Å². The summed E-state index contributed by atoms with van der Waals surface area (Å²) in [7, 11) is 1.28. The summed E-state index contributed by atoms with van der Waals surface area (Å²) < 4.78 is 6.17. The van der Waals surface area contributed by atoms with Gasteiger partial charge in [-0.1, -0.05) is 0 Å². The predicted molar refractivity (Wildman–Crippen MR) is 51.9 cm³/mol. The molecule has 1 aromatic heterocycles. The van der Waals surface area contributed by atoms with Crippen molar-refractivity contribution < 1.29 is 14.3 Å². The molecule has 1 rings (SSSR count). The minimum absolute atomic E-state index is 0.0841. The number of nitrogens with one attached hydrogen (secondary N) is 1. The molecule has 1 N–H and O–H groups in total. The largest absolute Gasteiger partial charge is 0.468 e. The van der Waals surface area contributed by atoms with Gasteiger partial charge in [0.25, 0.3) is 0 Å². The molecule has 6 nitrogen and oxygen atoms in total. The highest BCUT2D eigenvalue weighted by atomic mass is 16.5. The zero-order chi connectivity index (χ0) is 11.1. The van der Waals surface area contributed by atoms with E-state index in [0.717, 1.165) is 0 Å². The van der Waals surface area contributed by atoms with E-state index in [1.807, 2.05) is 0 Å². The van der Waals surface area contributed by atoms with Crippen LogP contribution in [0.25, 0.3) is 0 Å². The maximum Gasteiger partial charge on any atom is 0.325 e. The highest BCUT2D eigenvalue weighted by Crippen LogP contribution is 1.90. The first-order chi connectivity index (χ1) is 7.22. The van der Waals surface area contributed by atoms with E-state index in [1.165, 1.54) is 7.11 Å². The molecule has 0 aromatic carbocycles. The summed E-state index contributed by atoms with van der Waals surface area (Å²) in [6.45, 7) is 0.465. The van der Waals surface area contributed by atoms with Crippen LogP contribution in [0.5, 0.6) is 0 Å². The Morgan fingerprint density at radius 2 is 2.33 bits per heavy atom. The van der Waals surface area contributed by atoms with E-state index in [2.05, 4.69) is 15.0 Å². The van der Waals surface area contributed by atoms with Crippen molar-refractivity contribution in [3.8, 4) is 0 Å². The van der Waals surface area contributed by atoms with Crippen molar-refractivity contribution in [2.24, 2.45) is 0 Å². The Morgan fingerprint density at radius 1 is 1.53 bits per heavy atom. The molecule has 1 heterocycles. The molecule has 0 fully saturated rings. The molecular weight excluding hydrogens is 198 g/mol. The van der Waals surface area contributed by atoms with Crippen LogP contribution in [0.3, 0.4) is 0 Å². The summed E-state index contributed by atoms with van der Waals surface area (Å²) in [5, 5.41) is 2.45. The number of nitrogens with zero attached hydrogens (tertiary/aromatic N) is 2. The molecule has 0 saturated carbocycles. The summed E-state index contributed by atoms with van der Waals surface area (Å²) in [5.74, 6) is -0.639. The Hall–Kier alpha value is -1.85. The smallest absolute Gasteiger partial charge is 0.325 e. The molecule has 1 amide bonds. The second kappa shape index (κ2) is 5.79. The Kier molecular flexibility index (Phi) is 4.33. The van der Waals surface area contributed by atoms with E-state index in [0.29, 0.717) is 13.0 Å². The number of carbonyl (C=O) groups excluding carboxylic acids is 2. The van der Waals surface area contributed by atoms with Crippen LogP contribution in [0, 0.1) is 0 Å². The Bertz CT molecular complexity index is 321. The molecule has 0 bridgehead atoms. The summed E-state index contributed by atoms with van der Waals surface area (Å²) >= 11 is 0. The lowest BCUT2D eigenvalue weighted by Crippen LogP contribution is -2.30. The van der Waals surface area contributed by atoms with E-state index in [4.69, 9.17) is 0 Å². The van der Waals surface area contributed by atoms with Gasteiger partial charge in [-0.3, -0.25) is 9.59 Å². The second-order valence-corrected chi connectivity index (χ2v) is 2.90. The summed E-state index contributed by atoms with van der Waals surface area (Å²) in [4.78, 5) is 25.7. The summed E-state index contributed by atoms with van der Waals surface area (Å²) in [5.41, 5.74) is 0. The normalized spacial score (nSPS) is 9.67. The topological polar surface area (TPSA) is 73.2 Å². The SMILES string of the molecule is COC(=O)CNC(=O)CCn1ccnc1. The van der Waals surface area contributed by atoms with Crippen molar-refractivity contribution in [3.05, 3.63) is 18.7 Å². The summed E-state index contributed by atoms with van der Waals surface area (Å²) in [6.07, 6.45) is 5.36. The molecule has 15 heavy (non-hydrogen) atoms. The number of methoxy groups -OCH3 is 1. The number of amides is 1. The first-order valence-electron chi connectivity index (χ1n) is 4.51. The number of aryl methyl sites for hydroxylation is 1. The van der Waals surface area contributed by atoms with Gasteiger partial charge in [0.1, 0.15) is 6.54 Å². The maximum absolute atomic E-state index is 11.2. The number of esters is 1. The first-order valence-corrected chi connectivity index (χ1v) is 4.51. The predicted octanol–water partition coefficient (Wildman–Crippen LogP) is -0.438. The standard InChI is InChI=1S/C9H13N3O3/c1-15-9(14)6-11-8(13)2-4-12-5-3-10-7-12/h3,5,7H,2,4,6H2,1H3,(H,11,13). The lowest BCUT2D eigenvalue weighted by atomic mass is 10.4. The fourth-order valence-electron chi connectivity index (χ4n) is 0.981. The van der Waals surface area contributed by atoms with Crippen LogP contribution in [-0.4, -0.2) is 35.1 Å². The molecular formula is C9H13N3O3. The van der Waals surface area contributed by atoms with E-state index < -0.39 is 5.97 Å². The molecule has 0 atom stereocenters. The number of hydrogen-bond donors (Lipinski definition) is 1. The summed E-state index contributed by atoms with van der Waals surface area (Å²) in [6, 6.07) is 0. The van der Waals surface area contributed by atoms with Crippen LogP contribution in [0.15, 0.2) is 18.7 Å². The van der Waals surface area contributed by atoms with Crippen LogP contribution < -0.4 is 5.32 Å². The van der Waals surface area contributed by atoms with Gasteiger partial charge in [-0.05, 0) is 0 Å². The van der Waals surface area contributed by atoms with Crippen LogP contribution in [0.1, 0.15) is 6.42 Å². The average molecular weight is 211 g/mol. The number of rotatable bonds is 5. The monoisotopic (exact) mass is 211 g/mol. The van der Waals surface area contributed by atoms with Gasteiger partial charge in [-0.25, -0.2) is 4.98 Å². The first kappa shape index (κ1) is 11.2. The molecule has 6 heteroatoms. The zero-order valence-corrected chi connectivity index (χ0v) is 8.47. The number of imidazole rings is 1. The van der Waals surface area contributed by atoms with Crippen molar-refractivity contribution >= 4 is 11.9 Å². The molecule has 0 saturated heterocycles. The molecule has 1 aromatic rings. The van der Waals surface area contributed by atoms with Crippen LogP contribution >= 0.6 is 0 Å². The molecule has 0 aliphatic rings. The Morgan fingerprint density at radius 3 is 2.93 bits per heavy atom. The number of carbonyl (C=O) groups is 2. The van der Waals surface area contributed by atoms with E-state index in [-0.39, 0.29) is 12.5 Å². The number of ether oxygens (including phenoxy) is 1. The molecule has 0 aliphatic carbocycles. The highest BCUT2D eigenvalue weighted by Gasteiger charge is 2.04. The lowest BCUT2D eigenvalue weighted by molar-refractivity contribution is -0.141. The third kappa shape index (κ3) is 4.26. The Balaban J connectivity index is 2.16. The second-order valence-electron chi connectivity index (χ2n) is 2.90. The zero-order valence-electron chi connectivity index (χ0n) is 8.47. The lowest BCUT2D eigenvalue weighted by Gasteiger charge is -2.04. The van der Waals surface area contributed by atoms with Gasteiger partial charge in [-0.2, -0.15) is 0 Å². The highest BCUT2D eigenvalue weighted by molar-refractivity contribution is 5.81. The third-order valence-electron chi connectivity index (χ3n) is 1.81. The van der Waals surface area contributed by atoms with Gasteiger partial charge in [0.15, 0.2) is 0 Å². The molecule has 82 valence electrons. The maximum atomic E-state index is 11.2. The van der Waals surface area contributed by atoms with Crippen LogP contribution in [0.2, 0.25) is 0 Å². The number of hydrogen-bond acceptors (Lipinski definition) is 4. The quantitative estimate of drug-likeness (QED) is 0.670. The minimum Gasteiger partial charge on any atom is -0.468 e. The van der Waals surface area contributed by atoms with Crippen LogP contribution in [0.4, 0.5) is 0 Å². The van der Waals surface area contributed by atoms with Gasteiger partial charge >= 0.3 is 5.97 Å². The van der Waals surface area contributed by atoms with Gasteiger partial charge in [0.05, 0.1) is 13.4 Å². The molecule has 0 aliphatic heterocycles. The van der Waals surface area contributed by atoms with Gasteiger partial charge in [0.2, 0.25) is 5.91 Å². The van der Waals surface area contributed by atoms with Gasteiger partial charge in [-0.15, -0.1) is 0 Å². The van der Waals surface area contributed by atoms with Crippen molar-refractivity contribution in [2.75, 3.05) is 13.7 Å². The fourth-order valence-corrected chi connectivity index (χ4v) is 0.981. The average Bonchev–Trinajstić information content (AvgIpc) is 2.75. The third-order valence-corrected chi connectivity index (χ3v) is 1.81. The van der Waals surface area contributed by atoms with Crippen LogP contribution in [-0.2, 0) is 20.9 Å². The van der Waals surface area contributed by atoms with Crippen molar-refractivity contribution in [1.82, 2.24) is 14.9 Å². The van der Waals surface area contributed by atoms with Crippen molar-refractivity contribution in [2.45, 2.75) is 13.0 Å². The fraction of sp³-hybridized carbons (Fsp3) is 0.444. The van der Waals surface area contributed by atoms with E-state index in [1.54, 1.807) is 23.3 Å². The van der Waals surface area contributed by atoms with E-state index >= 15 is 0 Å². The molecule has 0 radical (unpaired) electrons. The minimum atomic E-state index is -0.453.